The molecule has 21 heavy (non-hydrogen) atoms. The van der Waals surface area contributed by atoms with Crippen LogP contribution in [0.5, 0.6) is 0 Å². The van der Waals surface area contributed by atoms with Crippen LogP contribution in [0.15, 0.2) is 30.3 Å². The zero-order chi connectivity index (χ0) is 16.0. The molecule has 2 N–H and O–H groups in total. The average molecular weight is 296 g/mol. The van der Waals surface area contributed by atoms with Gasteiger partial charge < -0.3 is 19.4 Å². The maximum Gasteiger partial charge on any atom is 0.340 e. The number of esters is 1. The summed E-state index contributed by atoms with van der Waals surface area (Å²) >= 11 is 0. The molecule has 0 amide bonds. The second-order valence-electron chi connectivity index (χ2n) is 5.94. The van der Waals surface area contributed by atoms with Crippen molar-refractivity contribution >= 4 is 11.9 Å². The van der Waals surface area contributed by atoms with E-state index in [1.54, 1.807) is 30.3 Å². The second kappa shape index (κ2) is 7.19. The Morgan fingerprint density at radius 2 is 1.76 bits per heavy atom. The normalized spacial score (nSPS) is 14.3. The SMILES string of the molecule is C[N+](C)(C)C[C@@H](CC(=O)O)OC(=O)C(O)c1ccccc1. The largest absolute Gasteiger partial charge is 0.481 e. The number of hydrogen-bond acceptors (Lipinski definition) is 4. The number of quaternary nitrogens is 1. The molecule has 0 aliphatic heterocycles. The molecule has 1 rings (SSSR count). The molecule has 0 saturated carbocycles. The molecule has 0 fully saturated rings. The first kappa shape index (κ1) is 17.1. The van der Waals surface area contributed by atoms with Gasteiger partial charge in [-0.2, -0.15) is 0 Å². The van der Waals surface area contributed by atoms with Crippen LogP contribution in [0.2, 0.25) is 0 Å². The van der Waals surface area contributed by atoms with Crippen molar-refractivity contribution in [1.29, 1.82) is 0 Å². The van der Waals surface area contributed by atoms with Crippen molar-refractivity contribution in [3.63, 3.8) is 0 Å². The monoisotopic (exact) mass is 296 g/mol. The fourth-order valence-corrected chi connectivity index (χ4v) is 1.95. The van der Waals surface area contributed by atoms with Gasteiger partial charge in [-0.15, -0.1) is 0 Å². The second-order valence-corrected chi connectivity index (χ2v) is 5.94. The number of benzene rings is 1. The van der Waals surface area contributed by atoms with E-state index in [9.17, 15) is 14.7 Å². The van der Waals surface area contributed by atoms with Crippen molar-refractivity contribution in [2.75, 3.05) is 27.7 Å². The molecule has 0 saturated heterocycles. The van der Waals surface area contributed by atoms with Crippen molar-refractivity contribution in [2.45, 2.75) is 18.6 Å². The van der Waals surface area contributed by atoms with Gasteiger partial charge in [0.15, 0.2) is 12.2 Å². The summed E-state index contributed by atoms with van der Waals surface area (Å²) < 4.78 is 5.62. The number of aliphatic hydroxyl groups is 1. The highest BCUT2D eigenvalue weighted by molar-refractivity contribution is 5.77. The lowest BCUT2D eigenvalue weighted by molar-refractivity contribution is -0.873. The van der Waals surface area contributed by atoms with E-state index in [4.69, 9.17) is 9.84 Å². The van der Waals surface area contributed by atoms with Gasteiger partial charge in [0.05, 0.1) is 27.6 Å². The summed E-state index contributed by atoms with van der Waals surface area (Å²) in [5.74, 6) is -1.88. The number of ether oxygens (including phenoxy) is 1. The van der Waals surface area contributed by atoms with Gasteiger partial charge in [0.25, 0.3) is 0 Å². The third-order valence-electron chi connectivity index (χ3n) is 2.78. The molecule has 0 heterocycles. The minimum Gasteiger partial charge on any atom is -0.481 e. The Kier molecular flexibility index (Phi) is 5.87. The van der Waals surface area contributed by atoms with Crippen LogP contribution < -0.4 is 0 Å². The van der Waals surface area contributed by atoms with Crippen LogP contribution in [0.25, 0.3) is 0 Å². The predicted octanol–water partition coefficient (Wildman–Crippen LogP) is 0.813. The summed E-state index contributed by atoms with van der Waals surface area (Å²) in [6, 6.07) is 8.39. The highest BCUT2D eigenvalue weighted by Gasteiger charge is 2.28. The Labute approximate surface area is 124 Å². The van der Waals surface area contributed by atoms with E-state index >= 15 is 0 Å². The van der Waals surface area contributed by atoms with Crippen molar-refractivity contribution in [3.05, 3.63) is 35.9 Å². The molecule has 0 bridgehead atoms. The van der Waals surface area contributed by atoms with Gasteiger partial charge in [-0.25, -0.2) is 4.79 Å². The van der Waals surface area contributed by atoms with Gasteiger partial charge in [-0.1, -0.05) is 30.3 Å². The summed E-state index contributed by atoms with van der Waals surface area (Å²) in [4.78, 5) is 22.8. The van der Waals surface area contributed by atoms with E-state index in [1.807, 2.05) is 21.1 Å². The molecule has 0 spiro atoms. The number of carbonyl (C=O) groups is 2. The fraction of sp³-hybridized carbons (Fsp3) is 0.467. The number of aliphatic carboxylic acids is 1. The van der Waals surface area contributed by atoms with Gasteiger partial charge in [0, 0.05) is 0 Å². The molecule has 0 aliphatic rings. The fourth-order valence-electron chi connectivity index (χ4n) is 1.95. The van der Waals surface area contributed by atoms with Gasteiger partial charge >= 0.3 is 11.9 Å². The van der Waals surface area contributed by atoms with Crippen LogP contribution in [-0.4, -0.2) is 60.4 Å². The molecular formula is C15H22NO5+. The molecule has 1 aromatic carbocycles. The number of nitrogens with zero attached hydrogens (tertiary/aromatic N) is 1. The number of carbonyl (C=O) groups excluding carboxylic acids is 1. The minimum atomic E-state index is -1.41. The molecule has 116 valence electrons. The number of carboxylic acid groups (broad SMARTS) is 1. The molecule has 0 radical (unpaired) electrons. The minimum absolute atomic E-state index is 0.289. The highest BCUT2D eigenvalue weighted by Crippen LogP contribution is 2.16. The summed E-state index contributed by atoms with van der Waals surface area (Å²) in [6.45, 7) is 0.347. The first-order valence-electron chi connectivity index (χ1n) is 6.65. The smallest absolute Gasteiger partial charge is 0.340 e. The first-order chi connectivity index (χ1) is 9.69. The maximum atomic E-state index is 11.9. The Morgan fingerprint density at radius 1 is 1.19 bits per heavy atom. The highest BCUT2D eigenvalue weighted by atomic mass is 16.6. The summed E-state index contributed by atoms with van der Waals surface area (Å²) in [6.07, 6.45) is -2.48. The summed E-state index contributed by atoms with van der Waals surface area (Å²) in [5, 5.41) is 18.8. The van der Waals surface area contributed by atoms with Gasteiger partial charge in [-0.05, 0) is 5.56 Å². The van der Waals surface area contributed by atoms with E-state index in [1.165, 1.54) is 0 Å². The lowest BCUT2D eigenvalue weighted by Crippen LogP contribution is -2.44. The zero-order valence-electron chi connectivity index (χ0n) is 12.5. The average Bonchev–Trinajstić information content (AvgIpc) is 2.36. The Bertz CT molecular complexity index is 481. The molecule has 6 heteroatoms. The molecule has 2 atom stereocenters. The van der Waals surface area contributed by atoms with E-state index in [0.29, 0.717) is 16.6 Å². The third-order valence-corrected chi connectivity index (χ3v) is 2.78. The predicted molar refractivity (Wildman–Crippen MR) is 76.4 cm³/mol. The molecule has 0 aliphatic carbocycles. The van der Waals surface area contributed by atoms with Crippen LogP contribution in [0.4, 0.5) is 0 Å². The van der Waals surface area contributed by atoms with Crippen molar-refractivity contribution in [3.8, 4) is 0 Å². The standard InChI is InChI=1S/C15H21NO5/c1-16(2,3)10-12(9-13(17)18)21-15(20)14(19)11-7-5-4-6-8-11/h4-8,12,14,19H,9-10H2,1-3H3/p+1/t12-,14?/m1/s1. The number of rotatable bonds is 7. The van der Waals surface area contributed by atoms with Crippen LogP contribution in [0, 0.1) is 0 Å². The van der Waals surface area contributed by atoms with E-state index in [2.05, 4.69) is 0 Å². The van der Waals surface area contributed by atoms with Crippen molar-refractivity contribution in [1.82, 2.24) is 0 Å². The lowest BCUT2D eigenvalue weighted by Gasteiger charge is -2.28. The topological polar surface area (TPSA) is 83.8 Å². The molecular weight excluding hydrogens is 274 g/mol. The van der Waals surface area contributed by atoms with Crippen LogP contribution in [0.3, 0.4) is 0 Å². The van der Waals surface area contributed by atoms with E-state index < -0.39 is 24.1 Å². The van der Waals surface area contributed by atoms with Crippen LogP contribution in [-0.2, 0) is 14.3 Å². The Balaban J connectivity index is 2.73. The van der Waals surface area contributed by atoms with Crippen molar-refractivity contribution in [2.24, 2.45) is 0 Å². The summed E-state index contributed by atoms with van der Waals surface area (Å²) in [7, 11) is 5.61. The molecule has 6 nitrogen and oxygen atoms in total. The maximum absolute atomic E-state index is 11.9. The molecule has 1 unspecified atom stereocenters. The third kappa shape index (κ3) is 6.37. The number of carboxylic acids is 1. The van der Waals surface area contributed by atoms with Gasteiger partial charge in [0.2, 0.25) is 0 Å². The van der Waals surface area contributed by atoms with Crippen molar-refractivity contribution < 1.29 is 29.0 Å². The van der Waals surface area contributed by atoms with Crippen LogP contribution >= 0.6 is 0 Å². The van der Waals surface area contributed by atoms with Gasteiger partial charge in [0.1, 0.15) is 6.54 Å². The van der Waals surface area contributed by atoms with Crippen LogP contribution in [0.1, 0.15) is 18.1 Å². The quantitative estimate of drug-likeness (QED) is 0.575. The number of hydrogen-bond donors (Lipinski definition) is 2. The first-order valence-corrected chi connectivity index (χ1v) is 6.65. The van der Waals surface area contributed by atoms with Gasteiger partial charge in [-0.3, -0.25) is 4.79 Å². The Morgan fingerprint density at radius 3 is 2.24 bits per heavy atom. The summed E-state index contributed by atoms with van der Waals surface area (Å²) in [5.41, 5.74) is 0.418. The lowest BCUT2D eigenvalue weighted by atomic mass is 10.1. The Hall–Kier alpha value is -1.92. The number of aliphatic hydroxyl groups excluding tert-OH is 1. The molecule has 1 aromatic rings. The molecule has 0 aromatic heterocycles. The zero-order valence-corrected chi connectivity index (χ0v) is 12.5. The van der Waals surface area contributed by atoms with E-state index in [0.717, 1.165) is 0 Å². The van der Waals surface area contributed by atoms with E-state index in [-0.39, 0.29) is 6.42 Å². The number of likely N-dealkylation sites (N-methyl/N-ethyl adjacent to an activating group) is 1.